The van der Waals surface area contributed by atoms with Gasteiger partial charge in [-0.2, -0.15) is 0 Å². The molecule has 0 radical (unpaired) electrons. The molecule has 3 aromatic rings. The van der Waals surface area contributed by atoms with E-state index in [1.54, 1.807) is 37.3 Å². The van der Waals surface area contributed by atoms with Crippen LogP contribution in [0, 0.1) is 13.8 Å². The molecule has 27 heavy (non-hydrogen) atoms. The van der Waals surface area contributed by atoms with E-state index in [0.29, 0.717) is 16.5 Å². The number of nitrogens with zero attached hydrogens (tertiary/aromatic N) is 1. The predicted octanol–water partition coefficient (Wildman–Crippen LogP) is 3.75. The third-order valence-electron chi connectivity index (χ3n) is 4.94. The topological polar surface area (TPSA) is 67.6 Å². The normalized spacial score (nSPS) is 12.0. The van der Waals surface area contributed by atoms with Gasteiger partial charge in [0.2, 0.25) is 0 Å². The van der Waals surface area contributed by atoms with Crippen LogP contribution < -0.4 is 5.63 Å². The van der Waals surface area contributed by atoms with Gasteiger partial charge in [0, 0.05) is 18.0 Å². The number of para-hydroxylation sites is 1. The Morgan fingerprint density at radius 2 is 1.70 bits per heavy atom. The largest absolute Gasteiger partial charge is 0.422 e. The Kier molecular flexibility index (Phi) is 4.95. The summed E-state index contributed by atoms with van der Waals surface area (Å²) in [6, 6.07) is 13.2. The SMILES string of the molecule is Cc1ccc(C(=O)C(C)N(C)C(=O)c2cc3ccccc3oc2=O)cc1C. The van der Waals surface area contributed by atoms with E-state index in [-0.39, 0.29) is 11.3 Å². The summed E-state index contributed by atoms with van der Waals surface area (Å²) in [6.45, 7) is 5.56. The van der Waals surface area contributed by atoms with Crippen molar-refractivity contribution >= 4 is 22.7 Å². The molecule has 1 heterocycles. The fourth-order valence-corrected chi connectivity index (χ4v) is 2.89. The maximum absolute atomic E-state index is 12.8. The average Bonchev–Trinajstić information content (AvgIpc) is 2.67. The fraction of sp³-hybridized carbons (Fsp3) is 0.227. The van der Waals surface area contributed by atoms with Gasteiger partial charge in [-0.15, -0.1) is 0 Å². The highest BCUT2D eigenvalue weighted by atomic mass is 16.4. The van der Waals surface area contributed by atoms with E-state index in [1.807, 2.05) is 26.0 Å². The molecule has 0 N–H and O–H groups in total. The summed E-state index contributed by atoms with van der Waals surface area (Å²) in [4.78, 5) is 39.1. The number of benzene rings is 2. The molecule has 138 valence electrons. The number of carbonyl (C=O) groups excluding carboxylic acids is 2. The molecule has 0 aliphatic heterocycles. The van der Waals surface area contributed by atoms with Crippen molar-refractivity contribution in [3.8, 4) is 0 Å². The van der Waals surface area contributed by atoms with Gasteiger partial charge in [0.15, 0.2) is 5.78 Å². The molecule has 0 bridgehead atoms. The molecule has 0 saturated carbocycles. The van der Waals surface area contributed by atoms with Gasteiger partial charge in [0.05, 0.1) is 6.04 Å². The minimum absolute atomic E-state index is 0.0871. The van der Waals surface area contributed by atoms with E-state index < -0.39 is 17.6 Å². The Bertz CT molecular complexity index is 1100. The number of aryl methyl sites for hydroxylation is 2. The van der Waals surface area contributed by atoms with Gasteiger partial charge in [0.25, 0.3) is 5.91 Å². The smallest absolute Gasteiger partial charge is 0.349 e. The van der Waals surface area contributed by atoms with Crippen molar-refractivity contribution in [2.45, 2.75) is 26.8 Å². The quantitative estimate of drug-likeness (QED) is 0.523. The zero-order valence-corrected chi connectivity index (χ0v) is 15.8. The zero-order chi connectivity index (χ0) is 19.7. The summed E-state index contributed by atoms with van der Waals surface area (Å²) in [6.07, 6.45) is 0. The van der Waals surface area contributed by atoms with Crippen LogP contribution in [0.2, 0.25) is 0 Å². The number of ketones is 1. The maximum Gasteiger partial charge on any atom is 0.349 e. The monoisotopic (exact) mass is 363 g/mol. The van der Waals surface area contributed by atoms with Gasteiger partial charge in [-0.3, -0.25) is 9.59 Å². The third kappa shape index (κ3) is 3.53. The molecular weight excluding hydrogens is 342 g/mol. The Morgan fingerprint density at radius 3 is 2.41 bits per heavy atom. The third-order valence-corrected chi connectivity index (χ3v) is 4.94. The van der Waals surface area contributed by atoms with Crippen LogP contribution in [0.3, 0.4) is 0 Å². The van der Waals surface area contributed by atoms with Crippen LogP contribution in [-0.4, -0.2) is 29.7 Å². The van der Waals surface area contributed by atoms with Crippen LogP contribution >= 0.6 is 0 Å². The van der Waals surface area contributed by atoms with Crippen LogP contribution in [-0.2, 0) is 0 Å². The molecular formula is C22H21NO4. The molecule has 5 heteroatoms. The summed E-state index contributed by atoms with van der Waals surface area (Å²) in [5, 5.41) is 0.655. The Balaban J connectivity index is 1.90. The molecule has 1 unspecified atom stereocenters. The predicted molar refractivity (Wildman–Crippen MR) is 104 cm³/mol. The molecule has 2 aromatic carbocycles. The van der Waals surface area contributed by atoms with E-state index in [9.17, 15) is 14.4 Å². The second kappa shape index (κ2) is 7.19. The number of rotatable bonds is 4. The second-order valence-electron chi connectivity index (χ2n) is 6.74. The minimum Gasteiger partial charge on any atom is -0.422 e. The molecule has 1 atom stereocenters. The van der Waals surface area contributed by atoms with E-state index in [4.69, 9.17) is 4.42 Å². The van der Waals surface area contributed by atoms with E-state index >= 15 is 0 Å². The number of amides is 1. The van der Waals surface area contributed by atoms with Gasteiger partial charge < -0.3 is 9.32 Å². The first-order valence-electron chi connectivity index (χ1n) is 8.71. The van der Waals surface area contributed by atoms with E-state index in [0.717, 1.165) is 11.1 Å². The Morgan fingerprint density at radius 1 is 1.00 bits per heavy atom. The summed E-state index contributed by atoms with van der Waals surface area (Å²) in [5.74, 6) is -0.724. The summed E-state index contributed by atoms with van der Waals surface area (Å²) in [7, 11) is 1.51. The number of Topliss-reactive ketones (excluding diaryl/α,β-unsaturated/α-hetero) is 1. The maximum atomic E-state index is 12.8. The number of hydrogen-bond acceptors (Lipinski definition) is 4. The number of fused-ring (bicyclic) bond motifs is 1. The summed E-state index contributed by atoms with van der Waals surface area (Å²) in [5.41, 5.74) is 2.26. The Labute approximate surface area is 157 Å². The fourth-order valence-electron chi connectivity index (χ4n) is 2.89. The standard InChI is InChI=1S/C22H21NO4/c1-13-9-10-17(11-14(13)2)20(24)15(3)23(4)21(25)18-12-16-7-5-6-8-19(16)27-22(18)26/h5-12,15H,1-4H3. The van der Waals surface area contributed by atoms with Crippen molar-refractivity contribution in [1.29, 1.82) is 0 Å². The molecule has 0 aliphatic rings. The lowest BCUT2D eigenvalue weighted by molar-refractivity contribution is 0.0672. The van der Waals surface area contributed by atoms with Gasteiger partial charge in [-0.25, -0.2) is 4.79 Å². The van der Waals surface area contributed by atoms with Crippen LogP contribution in [0.25, 0.3) is 11.0 Å². The van der Waals surface area contributed by atoms with Gasteiger partial charge in [0.1, 0.15) is 11.1 Å². The van der Waals surface area contributed by atoms with Crippen LogP contribution in [0.15, 0.2) is 57.7 Å². The lowest BCUT2D eigenvalue weighted by Gasteiger charge is -2.24. The summed E-state index contributed by atoms with van der Waals surface area (Å²) < 4.78 is 5.23. The van der Waals surface area contributed by atoms with Crippen molar-refractivity contribution in [3.05, 3.63) is 81.2 Å². The number of carbonyl (C=O) groups is 2. The van der Waals surface area contributed by atoms with Crippen molar-refractivity contribution in [3.63, 3.8) is 0 Å². The molecule has 0 aliphatic carbocycles. The number of hydrogen-bond donors (Lipinski definition) is 0. The van der Waals surface area contributed by atoms with Crippen LogP contribution in [0.5, 0.6) is 0 Å². The van der Waals surface area contributed by atoms with Crippen LogP contribution in [0.1, 0.15) is 38.8 Å². The van der Waals surface area contributed by atoms with Crippen molar-refractivity contribution < 1.29 is 14.0 Å². The molecule has 1 amide bonds. The van der Waals surface area contributed by atoms with E-state index in [1.165, 1.54) is 18.0 Å². The molecule has 0 fully saturated rings. The second-order valence-corrected chi connectivity index (χ2v) is 6.74. The first-order chi connectivity index (χ1) is 12.8. The van der Waals surface area contributed by atoms with Crippen molar-refractivity contribution in [1.82, 2.24) is 4.90 Å². The zero-order valence-electron chi connectivity index (χ0n) is 15.8. The first-order valence-corrected chi connectivity index (χ1v) is 8.71. The summed E-state index contributed by atoms with van der Waals surface area (Å²) >= 11 is 0. The highest BCUT2D eigenvalue weighted by molar-refractivity contribution is 6.04. The van der Waals surface area contributed by atoms with E-state index in [2.05, 4.69) is 0 Å². The van der Waals surface area contributed by atoms with Gasteiger partial charge in [-0.1, -0.05) is 30.3 Å². The highest BCUT2D eigenvalue weighted by Gasteiger charge is 2.26. The van der Waals surface area contributed by atoms with Crippen LogP contribution in [0.4, 0.5) is 0 Å². The molecule has 3 rings (SSSR count). The molecule has 1 aromatic heterocycles. The lowest BCUT2D eigenvalue weighted by Crippen LogP contribution is -2.42. The Hall–Kier alpha value is -3.21. The molecule has 0 spiro atoms. The van der Waals surface area contributed by atoms with Crippen molar-refractivity contribution in [2.24, 2.45) is 0 Å². The molecule has 5 nitrogen and oxygen atoms in total. The first kappa shape index (κ1) is 18.6. The van der Waals surface area contributed by atoms with Gasteiger partial charge in [-0.05, 0) is 50.1 Å². The lowest BCUT2D eigenvalue weighted by atomic mass is 9.99. The number of likely N-dealkylation sites (N-methyl/N-ethyl adjacent to an activating group) is 1. The average molecular weight is 363 g/mol. The highest BCUT2D eigenvalue weighted by Crippen LogP contribution is 2.17. The van der Waals surface area contributed by atoms with Gasteiger partial charge >= 0.3 is 5.63 Å². The molecule has 0 saturated heterocycles. The minimum atomic E-state index is -0.717. The van der Waals surface area contributed by atoms with Crippen molar-refractivity contribution in [2.75, 3.05) is 7.05 Å².